The number of carbonyl (C=O) groups excluding carboxylic acids is 2. The van der Waals surface area contributed by atoms with E-state index in [2.05, 4.69) is 10.5 Å². The lowest BCUT2D eigenvalue weighted by Crippen LogP contribution is -2.40. The Morgan fingerprint density at radius 3 is 2.84 bits per heavy atom. The van der Waals surface area contributed by atoms with Crippen LogP contribution in [0.5, 0.6) is 0 Å². The highest BCUT2D eigenvalue weighted by atomic mass is 35.5. The van der Waals surface area contributed by atoms with Crippen LogP contribution in [-0.2, 0) is 16.1 Å². The molecule has 0 saturated carbocycles. The van der Waals surface area contributed by atoms with E-state index in [-0.39, 0.29) is 36.6 Å². The van der Waals surface area contributed by atoms with Crippen molar-refractivity contribution in [2.45, 2.75) is 31.9 Å². The second-order valence-corrected chi connectivity index (χ2v) is 7.96. The predicted octanol–water partition coefficient (Wildman–Crippen LogP) is 3.92. The monoisotopic (exact) mass is 457 g/mol. The van der Waals surface area contributed by atoms with Crippen molar-refractivity contribution in [3.63, 3.8) is 0 Å². The summed E-state index contributed by atoms with van der Waals surface area (Å²) < 4.78 is 16.3. The Kier molecular flexibility index (Phi) is 7.24. The second kappa shape index (κ2) is 10.5. The van der Waals surface area contributed by atoms with E-state index < -0.39 is 0 Å². The number of ether oxygens (including phenoxy) is 1. The quantitative estimate of drug-likeness (QED) is 0.523. The molecular weight excluding hydrogens is 434 g/mol. The summed E-state index contributed by atoms with van der Waals surface area (Å²) in [5.41, 5.74) is 0.817. The number of benzene rings is 1. The van der Waals surface area contributed by atoms with Crippen molar-refractivity contribution in [3.8, 4) is 11.3 Å². The summed E-state index contributed by atoms with van der Waals surface area (Å²) in [6.07, 6.45) is 3.47. The smallest absolute Gasteiger partial charge is 0.276 e. The molecule has 0 radical (unpaired) electrons. The van der Waals surface area contributed by atoms with Gasteiger partial charge in [-0.15, -0.1) is 0 Å². The first-order valence-corrected chi connectivity index (χ1v) is 10.9. The average Bonchev–Trinajstić information content (AvgIpc) is 3.58. The van der Waals surface area contributed by atoms with E-state index in [0.717, 1.165) is 12.8 Å². The maximum atomic E-state index is 13.2. The Morgan fingerprint density at radius 1 is 1.22 bits per heavy atom. The molecule has 32 heavy (non-hydrogen) atoms. The molecule has 9 heteroatoms. The maximum absolute atomic E-state index is 13.2. The number of furan rings is 1. The van der Waals surface area contributed by atoms with Crippen molar-refractivity contribution in [1.82, 2.24) is 15.4 Å². The SMILES string of the molecule is O=C(CCN(C[C@@H]1CCCO1)C(=O)c1cc(-c2ccccc2Cl)on1)NCc1ccco1. The number of nitrogens with one attached hydrogen (secondary N) is 1. The number of halogens is 1. The normalized spacial score (nSPS) is 15.6. The first-order valence-electron chi connectivity index (χ1n) is 10.5. The van der Waals surface area contributed by atoms with Crippen molar-refractivity contribution in [2.24, 2.45) is 0 Å². The molecule has 1 fully saturated rings. The molecule has 2 amide bonds. The van der Waals surface area contributed by atoms with Gasteiger partial charge >= 0.3 is 0 Å². The molecule has 0 bridgehead atoms. The number of hydrogen-bond acceptors (Lipinski definition) is 6. The van der Waals surface area contributed by atoms with Crippen molar-refractivity contribution in [1.29, 1.82) is 0 Å². The summed E-state index contributed by atoms with van der Waals surface area (Å²) in [7, 11) is 0. The summed E-state index contributed by atoms with van der Waals surface area (Å²) in [6, 6.07) is 12.3. The molecule has 1 N–H and O–H groups in total. The molecule has 168 valence electrons. The molecule has 0 aliphatic carbocycles. The zero-order chi connectivity index (χ0) is 22.3. The molecule has 1 aromatic carbocycles. The fourth-order valence-electron chi connectivity index (χ4n) is 3.56. The van der Waals surface area contributed by atoms with E-state index in [0.29, 0.717) is 41.8 Å². The third-order valence-electron chi connectivity index (χ3n) is 5.25. The molecule has 1 saturated heterocycles. The Morgan fingerprint density at radius 2 is 2.09 bits per heavy atom. The van der Waals surface area contributed by atoms with Gasteiger partial charge in [-0.3, -0.25) is 9.59 Å². The van der Waals surface area contributed by atoms with Gasteiger partial charge in [0.05, 0.1) is 23.9 Å². The summed E-state index contributed by atoms with van der Waals surface area (Å²) >= 11 is 6.22. The lowest BCUT2D eigenvalue weighted by molar-refractivity contribution is -0.121. The lowest BCUT2D eigenvalue weighted by atomic mass is 10.1. The Hall–Kier alpha value is -3.10. The maximum Gasteiger partial charge on any atom is 0.276 e. The molecule has 1 atom stereocenters. The molecule has 3 heterocycles. The van der Waals surface area contributed by atoms with Gasteiger partial charge in [-0.1, -0.05) is 28.9 Å². The van der Waals surface area contributed by atoms with Crippen LogP contribution in [0.15, 0.2) is 57.7 Å². The van der Waals surface area contributed by atoms with Crippen molar-refractivity contribution in [3.05, 3.63) is 65.2 Å². The first kappa shape index (κ1) is 22.1. The van der Waals surface area contributed by atoms with Gasteiger partial charge < -0.3 is 23.9 Å². The lowest BCUT2D eigenvalue weighted by Gasteiger charge is -2.24. The van der Waals surface area contributed by atoms with Gasteiger partial charge in [0.15, 0.2) is 11.5 Å². The highest BCUT2D eigenvalue weighted by Crippen LogP contribution is 2.28. The van der Waals surface area contributed by atoms with E-state index in [1.54, 1.807) is 41.5 Å². The van der Waals surface area contributed by atoms with Crippen LogP contribution in [0.2, 0.25) is 5.02 Å². The zero-order valence-corrected chi connectivity index (χ0v) is 18.2. The third-order valence-corrected chi connectivity index (χ3v) is 5.58. The van der Waals surface area contributed by atoms with Crippen LogP contribution in [-0.4, -0.2) is 47.7 Å². The van der Waals surface area contributed by atoms with Crippen LogP contribution in [0.4, 0.5) is 0 Å². The molecule has 0 spiro atoms. The van der Waals surface area contributed by atoms with Crippen molar-refractivity contribution in [2.75, 3.05) is 19.7 Å². The minimum absolute atomic E-state index is 0.0555. The van der Waals surface area contributed by atoms with Gasteiger partial charge in [-0.05, 0) is 37.1 Å². The Bertz CT molecular complexity index is 1040. The second-order valence-electron chi connectivity index (χ2n) is 7.55. The van der Waals surface area contributed by atoms with Gasteiger partial charge in [0, 0.05) is 37.7 Å². The zero-order valence-electron chi connectivity index (χ0n) is 17.5. The van der Waals surface area contributed by atoms with Gasteiger partial charge in [0.25, 0.3) is 5.91 Å². The molecule has 2 aromatic heterocycles. The topological polar surface area (TPSA) is 97.8 Å². The van der Waals surface area contributed by atoms with Crippen molar-refractivity contribution >= 4 is 23.4 Å². The Labute approximate surface area is 190 Å². The van der Waals surface area contributed by atoms with Gasteiger partial charge in [0.2, 0.25) is 5.91 Å². The predicted molar refractivity (Wildman–Crippen MR) is 117 cm³/mol. The molecule has 4 rings (SSSR count). The third kappa shape index (κ3) is 5.57. The van der Waals surface area contributed by atoms with Crippen LogP contribution in [0.3, 0.4) is 0 Å². The Balaban J connectivity index is 1.41. The fourth-order valence-corrected chi connectivity index (χ4v) is 3.79. The van der Waals surface area contributed by atoms with Gasteiger partial charge in [-0.25, -0.2) is 0 Å². The van der Waals surface area contributed by atoms with Crippen LogP contribution >= 0.6 is 11.6 Å². The molecule has 3 aromatic rings. The minimum atomic E-state index is -0.318. The number of nitrogens with zero attached hydrogens (tertiary/aromatic N) is 2. The van der Waals surface area contributed by atoms with Crippen LogP contribution in [0.25, 0.3) is 11.3 Å². The van der Waals surface area contributed by atoms with Crippen molar-refractivity contribution < 1.29 is 23.3 Å². The standard InChI is InChI=1S/C23H24ClN3O5/c24-19-8-2-1-7-18(19)21-13-20(26-32-21)23(29)27(15-17-6-4-12-31-17)10-9-22(28)25-14-16-5-3-11-30-16/h1-3,5,7-8,11,13,17H,4,6,9-10,12,14-15H2,(H,25,28)/t17-/m0/s1. The van der Waals surface area contributed by atoms with Crippen LogP contribution in [0, 0.1) is 0 Å². The largest absolute Gasteiger partial charge is 0.467 e. The number of hydrogen-bond donors (Lipinski definition) is 1. The minimum Gasteiger partial charge on any atom is -0.467 e. The van der Waals surface area contributed by atoms with E-state index in [1.165, 1.54) is 0 Å². The van der Waals surface area contributed by atoms with Gasteiger partial charge in [0.1, 0.15) is 5.76 Å². The summed E-state index contributed by atoms with van der Waals surface area (Å²) in [4.78, 5) is 27.1. The average molecular weight is 458 g/mol. The number of carbonyl (C=O) groups is 2. The van der Waals surface area contributed by atoms with Crippen LogP contribution in [0.1, 0.15) is 35.5 Å². The van der Waals surface area contributed by atoms with E-state index in [9.17, 15) is 9.59 Å². The number of rotatable bonds is 9. The van der Waals surface area contributed by atoms with E-state index in [1.807, 2.05) is 12.1 Å². The molecule has 8 nitrogen and oxygen atoms in total. The fraction of sp³-hybridized carbons (Fsp3) is 0.348. The highest BCUT2D eigenvalue weighted by Gasteiger charge is 2.26. The molecular formula is C23H24ClN3O5. The highest BCUT2D eigenvalue weighted by molar-refractivity contribution is 6.33. The number of aromatic nitrogens is 1. The van der Waals surface area contributed by atoms with Gasteiger partial charge in [-0.2, -0.15) is 0 Å². The first-order chi connectivity index (χ1) is 15.6. The summed E-state index contributed by atoms with van der Waals surface area (Å²) in [5, 5.41) is 7.25. The van der Waals surface area contributed by atoms with E-state index in [4.69, 9.17) is 25.3 Å². The number of amides is 2. The summed E-state index contributed by atoms with van der Waals surface area (Å²) in [5.74, 6) is 0.581. The molecule has 1 aliphatic heterocycles. The van der Waals surface area contributed by atoms with E-state index >= 15 is 0 Å². The molecule has 1 aliphatic rings. The van der Waals surface area contributed by atoms with Crippen LogP contribution < -0.4 is 5.32 Å². The summed E-state index contributed by atoms with van der Waals surface area (Å²) in [6.45, 7) is 1.60. The molecule has 0 unspecified atom stereocenters.